The fourth-order valence-corrected chi connectivity index (χ4v) is 5.15. The maximum absolute atomic E-state index is 12.9. The third-order valence-electron chi connectivity index (χ3n) is 6.52. The first-order chi connectivity index (χ1) is 13.5. The molecule has 10 heteroatoms. The SMILES string of the molecule is Cl.NCCC(=O)NCC1CCCCN1C(=O)CN1C(=O)C2C3CCC(O3)C2C1=O. The molecule has 4 heterocycles. The van der Waals surface area contributed by atoms with Crippen LogP contribution in [0.15, 0.2) is 0 Å². The molecule has 4 fully saturated rings. The molecule has 0 spiro atoms. The summed E-state index contributed by atoms with van der Waals surface area (Å²) in [5.41, 5.74) is 5.39. The molecule has 0 aromatic carbocycles. The van der Waals surface area contributed by atoms with Gasteiger partial charge in [-0.3, -0.25) is 24.1 Å². The van der Waals surface area contributed by atoms with Gasteiger partial charge in [0.25, 0.3) is 0 Å². The van der Waals surface area contributed by atoms with Crippen molar-refractivity contribution in [2.24, 2.45) is 17.6 Å². The number of carbonyl (C=O) groups excluding carboxylic acids is 4. The summed E-state index contributed by atoms with van der Waals surface area (Å²) in [5, 5.41) is 2.82. The van der Waals surface area contributed by atoms with Crippen LogP contribution in [0.1, 0.15) is 38.5 Å². The van der Waals surface area contributed by atoms with Crippen LogP contribution in [0.4, 0.5) is 0 Å². The molecule has 4 aliphatic heterocycles. The van der Waals surface area contributed by atoms with Gasteiger partial charge in [-0.2, -0.15) is 0 Å². The molecule has 0 radical (unpaired) electrons. The first-order valence-corrected chi connectivity index (χ1v) is 10.3. The first kappa shape index (κ1) is 22.0. The Labute approximate surface area is 176 Å². The number of piperidine rings is 1. The predicted molar refractivity (Wildman–Crippen MR) is 105 cm³/mol. The predicted octanol–water partition coefficient (Wildman–Crippen LogP) is -0.583. The summed E-state index contributed by atoms with van der Waals surface area (Å²) < 4.78 is 5.73. The lowest BCUT2D eigenvalue weighted by Crippen LogP contribution is -2.53. The highest BCUT2D eigenvalue weighted by molar-refractivity contribution is 6.08. The molecular weight excluding hydrogens is 400 g/mol. The zero-order chi connectivity index (χ0) is 19.8. The molecule has 0 saturated carbocycles. The van der Waals surface area contributed by atoms with Gasteiger partial charge >= 0.3 is 0 Å². The maximum Gasteiger partial charge on any atom is 0.243 e. The molecule has 5 unspecified atom stereocenters. The quantitative estimate of drug-likeness (QED) is 0.545. The van der Waals surface area contributed by atoms with Gasteiger partial charge in [0.15, 0.2) is 0 Å². The smallest absolute Gasteiger partial charge is 0.243 e. The van der Waals surface area contributed by atoms with Gasteiger partial charge in [-0.15, -0.1) is 12.4 Å². The van der Waals surface area contributed by atoms with E-state index in [-0.39, 0.29) is 73.8 Å². The summed E-state index contributed by atoms with van der Waals surface area (Å²) in [5.74, 6) is -1.71. The number of nitrogens with one attached hydrogen (secondary N) is 1. The molecule has 4 aliphatic rings. The van der Waals surface area contributed by atoms with E-state index in [1.807, 2.05) is 0 Å². The van der Waals surface area contributed by atoms with Crippen molar-refractivity contribution in [2.75, 3.05) is 26.2 Å². The molecule has 0 aliphatic carbocycles. The van der Waals surface area contributed by atoms with Crippen LogP contribution in [0, 0.1) is 11.8 Å². The molecular formula is C19H29ClN4O5. The van der Waals surface area contributed by atoms with Gasteiger partial charge in [0.1, 0.15) is 6.54 Å². The lowest BCUT2D eigenvalue weighted by molar-refractivity contribution is -0.149. The third-order valence-corrected chi connectivity index (χ3v) is 6.52. The van der Waals surface area contributed by atoms with Crippen molar-refractivity contribution in [1.82, 2.24) is 15.1 Å². The van der Waals surface area contributed by atoms with Crippen LogP contribution >= 0.6 is 12.4 Å². The van der Waals surface area contributed by atoms with E-state index in [1.54, 1.807) is 4.90 Å². The van der Waals surface area contributed by atoms with Gasteiger partial charge in [-0.25, -0.2) is 0 Å². The molecule has 2 bridgehead atoms. The molecule has 4 amide bonds. The normalized spacial score (nSPS) is 32.9. The summed E-state index contributed by atoms with van der Waals surface area (Å²) in [6.45, 7) is 1.02. The van der Waals surface area contributed by atoms with Crippen LogP contribution in [-0.2, 0) is 23.9 Å². The molecule has 4 rings (SSSR count). The Morgan fingerprint density at radius 1 is 1.07 bits per heavy atom. The minimum atomic E-state index is -0.410. The molecule has 5 atom stereocenters. The highest BCUT2D eigenvalue weighted by Crippen LogP contribution is 2.48. The second-order valence-electron chi connectivity index (χ2n) is 8.18. The number of nitrogens with two attached hydrogens (primary N) is 1. The van der Waals surface area contributed by atoms with Crippen molar-refractivity contribution in [3.8, 4) is 0 Å². The number of ether oxygens (including phenoxy) is 1. The van der Waals surface area contributed by atoms with E-state index in [9.17, 15) is 19.2 Å². The van der Waals surface area contributed by atoms with Gasteiger partial charge in [-0.1, -0.05) is 0 Å². The van der Waals surface area contributed by atoms with Crippen molar-refractivity contribution >= 4 is 36.0 Å². The molecule has 162 valence electrons. The van der Waals surface area contributed by atoms with Crippen LogP contribution < -0.4 is 11.1 Å². The van der Waals surface area contributed by atoms with Crippen molar-refractivity contribution in [3.05, 3.63) is 0 Å². The van der Waals surface area contributed by atoms with Gasteiger partial charge in [0, 0.05) is 32.1 Å². The average molecular weight is 429 g/mol. The number of fused-ring (bicyclic) bond motifs is 5. The summed E-state index contributed by atoms with van der Waals surface area (Å²) in [7, 11) is 0. The Morgan fingerprint density at radius 3 is 2.34 bits per heavy atom. The average Bonchev–Trinajstić information content (AvgIpc) is 3.37. The summed E-state index contributed by atoms with van der Waals surface area (Å²) >= 11 is 0. The fraction of sp³-hybridized carbons (Fsp3) is 0.789. The summed E-state index contributed by atoms with van der Waals surface area (Å²) in [4.78, 5) is 53.0. The van der Waals surface area contributed by atoms with Crippen molar-refractivity contribution < 1.29 is 23.9 Å². The molecule has 3 N–H and O–H groups in total. The number of nitrogens with zero attached hydrogens (tertiary/aromatic N) is 2. The van der Waals surface area contributed by atoms with Crippen LogP contribution in [0.2, 0.25) is 0 Å². The third kappa shape index (κ3) is 4.00. The molecule has 4 saturated heterocycles. The number of halogens is 1. The topological polar surface area (TPSA) is 122 Å². The fourth-order valence-electron chi connectivity index (χ4n) is 5.15. The van der Waals surface area contributed by atoms with Crippen molar-refractivity contribution in [2.45, 2.75) is 56.8 Å². The maximum atomic E-state index is 12.9. The highest BCUT2D eigenvalue weighted by Gasteiger charge is 2.62. The number of hydrogen-bond acceptors (Lipinski definition) is 6. The zero-order valence-electron chi connectivity index (χ0n) is 16.4. The van der Waals surface area contributed by atoms with Gasteiger partial charge < -0.3 is 20.7 Å². The van der Waals surface area contributed by atoms with Crippen molar-refractivity contribution in [1.29, 1.82) is 0 Å². The van der Waals surface area contributed by atoms with Gasteiger partial charge in [0.05, 0.1) is 24.0 Å². The van der Waals surface area contributed by atoms with E-state index in [0.717, 1.165) is 37.0 Å². The summed E-state index contributed by atoms with van der Waals surface area (Å²) in [6, 6.07) is -0.116. The van der Waals surface area contributed by atoms with E-state index in [1.165, 1.54) is 0 Å². The lowest BCUT2D eigenvalue weighted by atomic mass is 9.81. The summed E-state index contributed by atoms with van der Waals surface area (Å²) in [6.07, 6.45) is 4.17. The number of likely N-dealkylation sites (tertiary alicyclic amines) is 2. The minimum absolute atomic E-state index is 0. The van der Waals surface area contributed by atoms with E-state index in [4.69, 9.17) is 10.5 Å². The molecule has 9 nitrogen and oxygen atoms in total. The number of hydrogen-bond donors (Lipinski definition) is 2. The second kappa shape index (κ2) is 8.97. The number of amides is 4. The first-order valence-electron chi connectivity index (χ1n) is 10.3. The number of rotatable bonds is 6. The number of imide groups is 1. The number of carbonyl (C=O) groups is 4. The van der Waals surface area contributed by atoms with Crippen LogP contribution in [0.3, 0.4) is 0 Å². The minimum Gasteiger partial charge on any atom is -0.373 e. The second-order valence-corrected chi connectivity index (χ2v) is 8.18. The van der Waals surface area contributed by atoms with Crippen LogP contribution in [0.25, 0.3) is 0 Å². The van der Waals surface area contributed by atoms with Crippen LogP contribution in [-0.4, -0.2) is 77.9 Å². The largest absolute Gasteiger partial charge is 0.373 e. The van der Waals surface area contributed by atoms with E-state index < -0.39 is 11.8 Å². The Bertz CT molecular complexity index is 662. The van der Waals surface area contributed by atoms with Gasteiger partial charge in [-0.05, 0) is 32.1 Å². The van der Waals surface area contributed by atoms with Crippen LogP contribution in [0.5, 0.6) is 0 Å². The Morgan fingerprint density at radius 2 is 1.72 bits per heavy atom. The highest BCUT2D eigenvalue weighted by atomic mass is 35.5. The van der Waals surface area contributed by atoms with Gasteiger partial charge in [0.2, 0.25) is 23.6 Å². The standard InChI is InChI=1S/C19H28N4O5.ClH/c20-7-6-14(24)21-9-11-3-1-2-8-22(11)15(25)10-23-18(26)16-12-4-5-13(28-12)17(16)19(23)27;/h11-13,16-17H,1-10,20H2,(H,21,24);1H. The monoisotopic (exact) mass is 428 g/mol. The Balaban J connectivity index is 0.00000240. The Kier molecular flexibility index (Phi) is 6.80. The molecule has 0 aromatic heterocycles. The lowest BCUT2D eigenvalue weighted by Gasteiger charge is -2.36. The zero-order valence-corrected chi connectivity index (χ0v) is 17.2. The van der Waals surface area contributed by atoms with E-state index in [0.29, 0.717) is 13.1 Å². The van der Waals surface area contributed by atoms with E-state index >= 15 is 0 Å². The Hall–Kier alpha value is -1.71. The van der Waals surface area contributed by atoms with E-state index in [2.05, 4.69) is 5.32 Å². The molecule has 29 heavy (non-hydrogen) atoms. The molecule has 0 aromatic rings. The van der Waals surface area contributed by atoms with Crippen molar-refractivity contribution in [3.63, 3.8) is 0 Å².